The molecule has 3 N–H and O–H groups in total. The number of carbonyl (C=O) groups is 3. The Labute approximate surface area is 194 Å². The van der Waals surface area contributed by atoms with E-state index in [1.165, 1.54) is 12.3 Å². The molecule has 0 bridgehead atoms. The molecule has 1 aromatic rings. The Morgan fingerprint density at radius 2 is 2.13 bits per heavy atom. The average molecular weight is 446 g/mol. The van der Waals surface area contributed by atoms with Crippen molar-refractivity contribution in [2.45, 2.75) is 23.1 Å². The Morgan fingerprint density at radius 3 is 2.70 bits per heavy atom. The fraction of sp³-hybridized carbons (Fsp3) is 0.412. The minimum Gasteiger partial charge on any atom is -0.548 e. The van der Waals surface area contributed by atoms with Gasteiger partial charge in [-0.05, 0) is 25.1 Å². The molecule has 0 unspecified atom stereocenters. The summed E-state index contributed by atoms with van der Waals surface area (Å²) in [6.45, 7) is 0.569. The van der Waals surface area contributed by atoms with Crippen LogP contribution in [0.3, 0.4) is 0 Å². The zero-order valence-electron chi connectivity index (χ0n) is 16.4. The van der Waals surface area contributed by atoms with E-state index in [-0.39, 0.29) is 48.2 Å². The van der Waals surface area contributed by atoms with Crippen LogP contribution in [0.4, 0.5) is 4.79 Å². The predicted molar refractivity (Wildman–Crippen MR) is 97.4 cm³/mol. The number of fused-ring (bicyclic) bond motifs is 1. The average Bonchev–Trinajstić information content (AvgIpc) is 2.85. The number of aromatic nitrogens is 1. The molecular formula is C17H19N4NaO7S. The van der Waals surface area contributed by atoms with Crippen molar-refractivity contribution in [2.75, 3.05) is 19.7 Å². The molecule has 156 valence electrons. The summed E-state index contributed by atoms with van der Waals surface area (Å²) in [6, 6.07) is 3.07. The summed E-state index contributed by atoms with van der Waals surface area (Å²) in [7, 11) is -4.28. The van der Waals surface area contributed by atoms with Gasteiger partial charge in [0.15, 0.2) is 15.2 Å². The summed E-state index contributed by atoms with van der Waals surface area (Å²) >= 11 is 0. The first-order valence-corrected chi connectivity index (χ1v) is 10.2. The molecule has 2 aliphatic rings. The van der Waals surface area contributed by atoms with Gasteiger partial charge in [-0.2, -0.15) is 0 Å². The van der Waals surface area contributed by atoms with Crippen molar-refractivity contribution in [1.82, 2.24) is 15.2 Å². The fourth-order valence-corrected chi connectivity index (χ4v) is 5.70. The molecule has 1 aromatic heterocycles. The van der Waals surface area contributed by atoms with Crippen LogP contribution in [0.5, 0.6) is 0 Å². The number of ether oxygens (including phenoxy) is 1. The van der Waals surface area contributed by atoms with Gasteiger partial charge in [0.2, 0.25) is 0 Å². The predicted octanol–water partition coefficient (Wildman–Crippen LogP) is -5.37. The zero-order chi connectivity index (χ0) is 21.4. The number of nitrogens with two attached hydrogens (primary N) is 1. The normalized spacial score (nSPS) is 27.6. The van der Waals surface area contributed by atoms with Crippen LogP contribution in [0.25, 0.3) is 6.08 Å². The maximum Gasteiger partial charge on any atom is 1.00 e. The Balaban J connectivity index is 0.00000320. The Bertz CT molecular complexity index is 985. The molecule has 3 atom stereocenters. The summed E-state index contributed by atoms with van der Waals surface area (Å²) in [4.78, 5) is 40.7. The van der Waals surface area contributed by atoms with Gasteiger partial charge in [-0.15, -0.1) is 0 Å². The molecule has 2 fully saturated rings. The number of sulfone groups is 1. The van der Waals surface area contributed by atoms with Crippen LogP contribution in [-0.2, 0) is 24.2 Å². The van der Waals surface area contributed by atoms with E-state index in [0.717, 1.165) is 11.8 Å². The minimum absolute atomic E-state index is 0. The van der Waals surface area contributed by atoms with Gasteiger partial charge in [0.25, 0.3) is 5.91 Å². The molecule has 2 amide bonds. The van der Waals surface area contributed by atoms with Gasteiger partial charge in [-0.1, -0.05) is 6.07 Å². The SMILES string of the molecule is C[C@]1(COC(=O)NCCN)[C@H](C(=O)[O-])N2C(=O)/C(=C\c3ccccn3)[C@H]2S1(=O)=O.[Na+]. The van der Waals surface area contributed by atoms with Crippen molar-refractivity contribution in [3.05, 3.63) is 35.7 Å². The minimum atomic E-state index is -4.28. The topological polar surface area (TPSA) is 172 Å². The summed E-state index contributed by atoms with van der Waals surface area (Å²) < 4.78 is 29.2. The molecule has 0 radical (unpaired) electrons. The first-order valence-electron chi connectivity index (χ1n) is 8.65. The second kappa shape index (κ2) is 9.02. The van der Waals surface area contributed by atoms with Crippen molar-refractivity contribution in [2.24, 2.45) is 5.73 Å². The number of hydrogen-bond donors (Lipinski definition) is 2. The largest absolute Gasteiger partial charge is 1.00 e. The van der Waals surface area contributed by atoms with E-state index in [4.69, 9.17) is 10.5 Å². The number of amides is 2. The van der Waals surface area contributed by atoms with E-state index in [2.05, 4.69) is 10.3 Å². The van der Waals surface area contributed by atoms with Crippen molar-refractivity contribution in [3.8, 4) is 0 Å². The number of rotatable bonds is 6. The van der Waals surface area contributed by atoms with Crippen LogP contribution in [0.1, 0.15) is 12.6 Å². The second-order valence-electron chi connectivity index (χ2n) is 6.79. The van der Waals surface area contributed by atoms with E-state index in [1.54, 1.807) is 18.2 Å². The van der Waals surface area contributed by atoms with E-state index in [0.29, 0.717) is 5.69 Å². The van der Waals surface area contributed by atoms with E-state index >= 15 is 0 Å². The molecule has 0 spiro atoms. The monoisotopic (exact) mass is 446 g/mol. The van der Waals surface area contributed by atoms with Crippen LogP contribution in [0.2, 0.25) is 0 Å². The van der Waals surface area contributed by atoms with Crippen LogP contribution in [0, 0.1) is 0 Å². The summed E-state index contributed by atoms with van der Waals surface area (Å²) in [5, 5.41) is 12.6. The van der Waals surface area contributed by atoms with E-state index in [9.17, 15) is 27.9 Å². The zero-order valence-corrected chi connectivity index (χ0v) is 19.2. The smallest absolute Gasteiger partial charge is 0.548 e. The molecule has 3 heterocycles. The van der Waals surface area contributed by atoms with Crippen molar-refractivity contribution in [1.29, 1.82) is 0 Å². The van der Waals surface area contributed by atoms with Crippen LogP contribution >= 0.6 is 0 Å². The fourth-order valence-electron chi connectivity index (χ4n) is 3.43. The summed E-state index contributed by atoms with van der Waals surface area (Å²) in [5.41, 5.74) is 5.50. The molecular weight excluding hydrogens is 427 g/mol. The summed E-state index contributed by atoms with van der Waals surface area (Å²) in [5.74, 6) is -2.51. The van der Waals surface area contributed by atoms with Crippen molar-refractivity contribution < 1.29 is 62.2 Å². The van der Waals surface area contributed by atoms with E-state index < -0.39 is 50.6 Å². The van der Waals surface area contributed by atoms with Crippen molar-refractivity contribution in [3.63, 3.8) is 0 Å². The molecule has 0 saturated carbocycles. The number of pyridine rings is 1. The third kappa shape index (κ3) is 3.85. The molecule has 2 saturated heterocycles. The maximum atomic E-state index is 13.2. The Hall–Kier alpha value is -1.99. The van der Waals surface area contributed by atoms with Crippen LogP contribution < -0.4 is 45.7 Å². The van der Waals surface area contributed by atoms with Gasteiger partial charge in [0, 0.05) is 19.3 Å². The standard InChI is InChI=1S/C17H20N4O7S.Na/c1-17(9-28-16(25)20-7-5-18)12(15(23)24)21-13(22)11(14(21)29(17,26)27)8-10-4-2-3-6-19-10;/h2-4,6,8,12,14H,5,7,9,18H2,1H3,(H,20,25)(H,23,24);/q;+1/p-1/b11-8+;/t12-,14+,17-;/m0./s1. The number of β-lactam (4-membered cyclic amide) rings is 1. The maximum absolute atomic E-state index is 13.2. The molecule has 0 aliphatic carbocycles. The van der Waals surface area contributed by atoms with Gasteiger partial charge in [0.05, 0.1) is 23.3 Å². The first-order chi connectivity index (χ1) is 13.6. The molecule has 2 aliphatic heterocycles. The van der Waals surface area contributed by atoms with Gasteiger partial charge >= 0.3 is 35.7 Å². The number of carbonyl (C=O) groups excluding carboxylic acids is 3. The van der Waals surface area contributed by atoms with Crippen LogP contribution in [-0.4, -0.2) is 72.1 Å². The van der Waals surface area contributed by atoms with Gasteiger partial charge in [-0.25, -0.2) is 13.2 Å². The molecule has 13 heteroatoms. The molecule has 3 rings (SSSR count). The third-order valence-corrected chi connectivity index (χ3v) is 7.63. The third-order valence-electron chi connectivity index (χ3n) is 4.92. The number of nitrogens with zero attached hydrogens (tertiary/aromatic N) is 2. The number of nitrogens with one attached hydrogen (secondary N) is 1. The second-order valence-corrected chi connectivity index (χ2v) is 9.26. The Kier molecular flexibility index (Phi) is 7.30. The molecule has 11 nitrogen and oxygen atoms in total. The van der Waals surface area contributed by atoms with Gasteiger partial charge in [0.1, 0.15) is 11.4 Å². The van der Waals surface area contributed by atoms with E-state index in [1.807, 2.05) is 0 Å². The number of alkyl carbamates (subject to hydrolysis) is 1. The molecule has 0 aromatic carbocycles. The number of carboxylic acids is 1. The summed E-state index contributed by atoms with van der Waals surface area (Å²) in [6.07, 6.45) is 1.82. The number of hydrogen-bond acceptors (Lipinski definition) is 9. The van der Waals surface area contributed by atoms with Crippen LogP contribution in [0.15, 0.2) is 30.0 Å². The van der Waals surface area contributed by atoms with Gasteiger partial charge in [-0.3, -0.25) is 9.78 Å². The first kappa shape index (κ1) is 24.3. The van der Waals surface area contributed by atoms with Gasteiger partial charge < -0.3 is 30.6 Å². The molecule has 30 heavy (non-hydrogen) atoms. The van der Waals surface area contributed by atoms with Crippen molar-refractivity contribution >= 4 is 33.9 Å². The number of carboxylic acid groups (broad SMARTS) is 1. The number of aliphatic carboxylic acids is 1. The quantitative estimate of drug-likeness (QED) is 0.246. The Morgan fingerprint density at radius 1 is 1.43 bits per heavy atom.